The molecule has 1 aromatic heterocycles. The molecule has 0 spiro atoms. The van der Waals surface area contributed by atoms with Crippen molar-refractivity contribution in [3.63, 3.8) is 0 Å². The third-order valence-corrected chi connectivity index (χ3v) is 1.71. The van der Waals surface area contributed by atoms with Crippen LogP contribution in [0.5, 0.6) is 0 Å². The Morgan fingerprint density at radius 1 is 1.19 bits per heavy atom. The zero-order chi connectivity index (χ0) is 12.1. The second-order valence-corrected chi connectivity index (χ2v) is 3.06. The Labute approximate surface area is 92.2 Å². The fourth-order valence-electron chi connectivity index (χ4n) is 1.05. The van der Waals surface area contributed by atoms with Gasteiger partial charge in [-0.05, 0) is 12.1 Å². The van der Waals surface area contributed by atoms with Gasteiger partial charge in [0.25, 0.3) is 5.91 Å². The van der Waals surface area contributed by atoms with Gasteiger partial charge in [-0.3, -0.25) is 24.8 Å². The first-order valence-corrected chi connectivity index (χ1v) is 4.54. The average molecular weight is 221 g/mol. The van der Waals surface area contributed by atoms with E-state index in [4.69, 9.17) is 0 Å². The van der Waals surface area contributed by atoms with Crippen LogP contribution in [0.25, 0.3) is 0 Å². The number of hydrazine groups is 1. The molecule has 1 rings (SSSR count). The molecule has 3 amide bonds. The fraction of sp³-hybridized carbons (Fsp3) is 0.200. The molecule has 6 heteroatoms. The zero-order valence-corrected chi connectivity index (χ0v) is 8.93. The van der Waals surface area contributed by atoms with Crippen LogP contribution in [0.1, 0.15) is 24.2 Å². The van der Waals surface area contributed by atoms with E-state index in [1.165, 1.54) is 38.4 Å². The van der Waals surface area contributed by atoms with Gasteiger partial charge < -0.3 is 0 Å². The summed E-state index contributed by atoms with van der Waals surface area (Å²) in [5.41, 5.74) is 2.43. The van der Waals surface area contributed by atoms with E-state index in [0.29, 0.717) is 5.01 Å². The lowest BCUT2D eigenvalue weighted by Crippen LogP contribution is -2.48. The van der Waals surface area contributed by atoms with Gasteiger partial charge in [-0.2, -0.15) is 5.01 Å². The van der Waals surface area contributed by atoms with Crippen molar-refractivity contribution in [2.45, 2.75) is 13.8 Å². The van der Waals surface area contributed by atoms with E-state index in [0.717, 1.165) is 0 Å². The molecule has 0 unspecified atom stereocenters. The van der Waals surface area contributed by atoms with Gasteiger partial charge in [0.05, 0.1) is 0 Å². The summed E-state index contributed by atoms with van der Waals surface area (Å²) in [6.45, 7) is 2.41. The number of imide groups is 1. The number of carbonyl (C=O) groups excluding carboxylic acids is 3. The number of hydrogen-bond donors (Lipinski definition) is 1. The Hall–Kier alpha value is -2.24. The minimum atomic E-state index is -0.592. The van der Waals surface area contributed by atoms with Crippen LogP contribution in [0.15, 0.2) is 24.5 Å². The predicted molar refractivity (Wildman–Crippen MR) is 54.9 cm³/mol. The number of carbonyl (C=O) groups is 3. The molecule has 84 valence electrons. The summed E-state index contributed by atoms with van der Waals surface area (Å²) >= 11 is 0. The van der Waals surface area contributed by atoms with Crippen LogP contribution in [0, 0.1) is 0 Å². The zero-order valence-electron chi connectivity index (χ0n) is 8.93. The van der Waals surface area contributed by atoms with Crippen LogP contribution in [-0.2, 0) is 9.59 Å². The molecule has 0 saturated heterocycles. The summed E-state index contributed by atoms with van der Waals surface area (Å²) in [5, 5.41) is 0.664. The topological polar surface area (TPSA) is 79.4 Å². The number of aromatic nitrogens is 1. The lowest BCUT2D eigenvalue weighted by molar-refractivity contribution is -0.135. The van der Waals surface area contributed by atoms with Crippen molar-refractivity contribution in [1.82, 2.24) is 15.4 Å². The van der Waals surface area contributed by atoms with Crippen molar-refractivity contribution < 1.29 is 14.4 Å². The van der Waals surface area contributed by atoms with Crippen LogP contribution in [-0.4, -0.2) is 27.7 Å². The number of amides is 3. The summed E-state index contributed by atoms with van der Waals surface area (Å²) < 4.78 is 0. The van der Waals surface area contributed by atoms with Gasteiger partial charge in [-0.25, -0.2) is 0 Å². The smallest absolute Gasteiger partial charge is 0.274 e. The van der Waals surface area contributed by atoms with Crippen molar-refractivity contribution in [3.05, 3.63) is 30.1 Å². The van der Waals surface area contributed by atoms with Crippen molar-refractivity contribution >= 4 is 17.7 Å². The maximum Gasteiger partial charge on any atom is 0.279 e. The molecule has 0 radical (unpaired) electrons. The van der Waals surface area contributed by atoms with Crippen LogP contribution >= 0.6 is 0 Å². The van der Waals surface area contributed by atoms with E-state index in [9.17, 15) is 14.4 Å². The van der Waals surface area contributed by atoms with Crippen LogP contribution in [0.4, 0.5) is 0 Å². The van der Waals surface area contributed by atoms with Crippen molar-refractivity contribution in [3.8, 4) is 0 Å². The second kappa shape index (κ2) is 5.01. The molecule has 0 aromatic carbocycles. The lowest BCUT2D eigenvalue weighted by Gasteiger charge is -2.18. The minimum absolute atomic E-state index is 0.277. The van der Waals surface area contributed by atoms with E-state index < -0.39 is 17.7 Å². The molecule has 0 saturated carbocycles. The highest BCUT2D eigenvalue weighted by molar-refractivity contribution is 6.04. The quantitative estimate of drug-likeness (QED) is 0.683. The van der Waals surface area contributed by atoms with Gasteiger partial charge in [0, 0.05) is 31.8 Å². The third kappa shape index (κ3) is 2.88. The van der Waals surface area contributed by atoms with Gasteiger partial charge in [-0.15, -0.1) is 0 Å². The Balaban J connectivity index is 2.92. The van der Waals surface area contributed by atoms with Crippen LogP contribution in [0.2, 0.25) is 0 Å². The Morgan fingerprint density at radius 3 is 2.19 bits per heavy atom. The normalized spacial score (nSPS) is 9.38. The SMILES string of the molecule is CC(=O)NN(C(C)=O)C(=O)c1ccncc1. The lowest BCUT2D eigenvalue weighted by atomic mass is 10.2. The van der Waals surface area contributed by atoms with E-state index in [2.05, 4.69) is 10.4 Å². The van der Waals surface area contributed by atoms with E-state index in [1.54, 1.807) is 0 Å². The van der Waals surface area contributed by atoms with Gasteiger partial charge in [0.15, 0.2) is 0 Å². The highest BCUT2D eigenvalue weighted by Crippen LogP contribution is 2.01. The van der Waals surface area contributed by atoms with Gasteiger partial charge >= 0.3 is 0 Å². The summed E-state index contributed by atoms with van der Waals surface area (Å²) in [7, 11) is 0. The van der Waals surface area contributed by atoms with Crippen LogP contribution < -0.4 is 5.43 Å². The van der Waals surface area contributed by atoms with Crippen LogP contribution in [0.3, 0.4) is 0 Å². The summed E-state index contributed by atoms with van der Waals surface area (Å²) in [6, 6.07) is 2.92. The Kier molecular flexibility index (Phi) is 3.71. The van der Waals surface area contributed by atoms with Gasteiger partial charge in [-0.1, -0.05) is 0 Å². The third-order valence-electron chi connectivity index (χ3n) is 1.71. The summed E-state index contributed by atoms with van der Waals surface area (Å²) in [4.78, 5) is 37.5. The first-order chi connectivity index (χ1) is 7.52. The summed E-state index contributed by atoms with van der Waals surface area (Å²) in [5.74, 6) is -1.64. The molecule has 0 aliphatic carbocycles. The van der Waals surface area contributed by atoms with E-state index >= 15 is 0 Å². The number of rotatable bonds is 1. The molecule has 1 N–H and O–H groups in total. The van der Waals surface area contributed by atoms with Crippen molar-refractivity contribution in [2.24, 2.45) is 0 Å². The molecule has 0 aliphatic rings. The Bertz CT molecular complexity index is 417. The number of hydrogen-bond acceptors (Lipinski definition) is 4. The molecule has 1 heterocycles. The van der Waals surface area contributed by atoms with E-state index in [-0.39, 0.29) is 5.56 Å². The molecule has 1 aromatic rings. The predicted octanol–water partition coefficient (Wildman–Crippen LogP) is 0.121. The highest BCUT2D eigenvalue weighted by Gasteiger charge is 2.20. The first kappa shape index (κ1) is 11.8. The number of pyridine rings is 1. The molecule has 6 nitrogen and oxygen atoms in total. The first-order valence-electron chi connectivity index (χ1n) is 4.54. The average Bonchev–Trinajstić information content (AvgIpc) is 2.25. The molecule has 0 fully saturated rings. The molecular formula is C10H11N3O3. The van der Waals surface area contributed by atoms with Crippen molar-refractivity contribution in [2.75, 3.05) is 0 Å². The number of nitrogens with zero attached hydrogens (tertiary/aromatic N) is 2. The van der Waals surface area contributed by atoms with Crippen molar-refractivity contribution in [1.29, 1.82) is 0 Å². The molecule has 0 bridgehead atoms. The standard InChI is InChI=1S/C10H11N3O3/c1-7(14)12-13(8(2)15)10(16)9-3-5-11-6-4-9/h3-6H,1-2H3,(H,12,14). The van der Waals surface area contributed by atoms with E-state index in [1.807, 2.05) is 0 Å². The maximum absolute atomic E-state index is 11.8. The monoisotopic (exact) mass is 221 g/mol. The second-order valence-electron chi connectivity index (χ2n) is 3.06. The Morgan fingerprint density at radius 2 is 1.75 bits per heavy atom. The largest absolute Gasteiger partial charge is 0.279 e. The molecular weight excluding hydrogens is 210 g/mol. The highest BCUT2D eigenvalue weighted by atomic mass is 16.2. The molecule has 0 aliphatic heterocycles. The molecule has 16 heavy (non-hydrogen) atoms. The van der Waals surface area contributed by atoms with Gasteiger partial charge in [0.2, 0.25) is 11.8 Å². The van der Waals surface area contributed by atoms with Gasteiger partial charge in [0.1, 0.15) is 0 Å². The molecule has 0 atom stereocenters. The maximum atomic E-state index is 11.8. The fourth-order valence-corrected chi connectivity index (χ4v) is 1.05. The number of nitrogens with one attached hydrogen (secondary N) is 1. The summed E-state index contributed by atoms with van der Waals surface area (Å²) in [6.07, 6.45) is 2.86. The minimum Gasteiger partial charge on any atom is -0.274 e.